The molecule has 2 fully saturated rings. The first-order chi connectivity index (χ1) is 28.9. The van der Waals surface area contributed by atoms with E-state index in [1.54, 1.807) is 26.6 Å². The molecule has 17 heteroatoms. The Hall–Kier alpha value is -6.65. The summed E-state index contributed by atoms with van der Waals surface area (Å²) in [5.41, 5.74) is 4.86. The Morgan fingerprint density at radius 2 is 1.25 bits per heavy atom. The Labute approximate surface area is 344 Å². The highest BCUT2D eigenvalue weighted by atomic mass is 16.5. The van der Waals surface area contributed by atoms with E-state index in [-0.39, 0.29) is 35.7 Å². The number of nitrogens with zero attached hydrogens (tertiary/aromatic N) is 5. The van der Waals surface area contributed by atoms with Crippen molar-refractivity contribution in [3.8, 4) is 22.5 Å². The Kier molecular flexibility index (Phi) is 10.8. The lowest BCUT2D eigenvalue weighted by Crippen LogP contribution is -2.51. The fraction of sp³-hybridized carbons (Fsp3) is 0.419. The van der Waals surface area contributed by atoms with Gasteiger partial charge in [-0.15, -0.1) is 0 Å². The fourth-order valence-corrected chi connectivity index (χ4v) is 8.59. The number of benzene rings is 2. The monoisotopic (exact) mass is 819 g/mol. The van der Waals surface area contributed by atoms with E-state index >= 15 is 0 Å². The molecule has 314 valence electrons. The molecule has 60 heavy (non-hydrogen) atoms. The van der Waals surface area contributed by atoms with Gasteiger partial charge >= 0.3 is 17.9 Å². The lowest BCUT2D eigenvalue weighted by atomic mass is 10.0. The lowest BCUT2D eigenvalue weighted by Gasteiger charge is -2.30. The number of nitrogens with one attached hydrogen (secondary N) is 4. The van der Waals surface area contributed by atoms with Crippen LogP contribution in [0.5, 0.6) is 0 Å². The molecule has 0 aliphatic carbocycles. The molecule has 2 saturated heterocycles. The van der Waals surface area contributed by atoms with E-state index in [9.17, 15) is 24.0 Å². The number of hydrogen-bond acceptors (Lipinski definition) is 10. The van der Waals surface area contributed by atoms with E-state index in [0.29, 0.717) is 53.5 Å². The molecule has 6 aromatic rings. The van der Waals surface area contributed by atoms with Crippen molar-refractivity contribution in [2.75, 3.05) is 27.3 Å². The molecule has 2 aromatic carbocycles. The molecular weight excluding hydrogens is 771 g/mol. The normalized spacial score (nSPS) is 17.9. The quantitative estimate of drug-likeness (QED) is 0.125. The molecule has 0 radical (unpaired) electrons. The Morgan fingerprint density at radius 3 is 1.77 bits per heavy atom. The number of H-pyrrole nitrogens is 2. The minimum atomic E-state index is -0.738. The van der Waals surface area contributed by atoms with Crippen LogP contribution >= 0.6 is 0 Å². The van der Waals surface area contributed by atoms with Gasteiger partial charge in [0, 0.05) is 35.0 Å². The number of rotatable bonds is 10. The third-order valence-corrected chi connectivity index (χ3v) is 11.7. The zero-order chi connectivity index (χ0) is 42.4. The number of aromatic nitrogens is 5. The van der Waals surface area contributed by atoms with Crippen molar-refractivity contribution < 1.29 is 33.1 Å². The molecule has 17 nitrogen and oxygen atoms in total. The number of fused-ring (bicyclic) bond motifs is 5. The molecule has 0 bridgehead atoms. The highest BCUT2D eigenvalue weighted by Gasteiger charge is 2.39. The van der Waals surface area contributed by atoms with E-state index < -0.39 is 30.0 Å². The van der Waals surface area contributed by atoms with Crippen LogP contribution in [0.3, 0.4) is 0 Å². The molecule has 0 saturated carbocycles. The van der Waals surface area contributed by atoms with E-state index in [2.05, 4.69) is 30.6 Å². The summed E-state index contributed by atoms with van der Waals surface area (Å²) in [6, 6.07) is 11.4. The average molecular weight is 820 g/mol. The van der Waals surface area contributed by atoms with Gasteiger partial charge in [0.05, 0.1) is 61.1 Å². The molecule has 4 atom stereocenters. The van der Waals surface area contributed by atoms with Crippen LogP contribution in [0.25, 0.3) is 49.9 Å². The van der Waals surface area contributed by atoms with Crippen LogP contribution in [0.1, 0.15) is 77.1 Å². The number of alkyl carbamates (subject to hydrolysis) is 2. The van der Waals surface area contributed by atoms with Crippen molar-refractivity contribution in [2.45, 2.75) is 77.5 Å². The third kappa shape index (κ3) is 7.32. The molecule has 4 aromatic heterocycles. The number of methoxy groups -OCH3 is 2. The predicted molar refractivity (Wildman–Crippen MR) is 222 cm³/mol. The molecular formula is C43H49N9O8. The topological polar surface area (TPSA) is 209 Å². The second kappa shape index (κ2) is 16.2. The summed E-state index contributed by atoms with van der Waals surface area (Å²) in [4.78, 5) is 84.5. The minimum absolute atomic E-state index is 0.141. The van der Waals surface area contributed by atoms with Crippen LogP contribution < -0.4 is 16.4 Å². The zero-order valence-corrected chi connectivity index (χ0v) is 34.4. The van der Waals surface area contributed by atoms with Gasteiger partial charge in [-0.05, 0) is 67.9 Å². The number of hydrogen-bond donors (Lipinski definition) is 4. The minimum Gasteiger partial charge on any atom is -0.453 e. The number of aromatic amines is 2. The van der Waals surface area contributed by atoms with Crippen LogP contribution in [0, 0.1) is 11.8 Å². The zero-order valence-electron chi connectivity index (χ0n) is 34.4. The molecule has 0 spiro atoms. The van der Waals surface area contributed by atoms with E-state index in [1.807, 2.05) is 70.2 Å². The summed E-state index contributed by atoms with van der Waals surface area (Å²) in [6.07, 6.45) is 5.20. The number of amides is 4. The van der Waals surface area contributed by atoms with Gasteiger partial charge in [0.15, 0.2) is 0 Å². The average Bonchev–Trinajstić information content (AvgIpc) is 4.09. The standard InChI is InChI=1S/C43H49N9O8/c1-22(2)35(48-41(55)58-5)39(53)50-15-7-9-31(50)37-44-20-28(46-37)24-12-14-30-26(17-24)18-33-27-13-11-25(19-34(27)60-43(57)52(30)33)29-21-45-38(47-29)32-10-8-16-51(32)40(54)36(23(3)4)49-42(56)59-6/h11-14,17-23,31-32,35-36H,7-10,15-16H2,1-6H3,(H,44,46)(H,45,47)(H,48,55)(H,49,56)/t31-,32-,35-,36-/m0/s1. The number of likely N-dealkylation sites (tertiary alicyclic amines) is 2. The van der Waals surface area contributed by atoms with Crippen LogP contribution in [0.2, 0.25) is 0 Å². The lowest BCUT2D eigenvalue weighted by molar-refractivity contribution is -0.136. The van der Waals surface area contributed by atoms with Gasteiger partial charge in [0.1, 0.15) is 29.3 Å². The Bertz CT molecular complexity index is 2670. The van der Waals surface area contributed by atoms with E-state index in [4.69, 9.17) is 13.9 Å². The van der Waals surface area contributed by atoms with Crippen molar-refractivity contribution in [3.05, 3.63) is 77.1 Å². The van der Waals surface area contributed by atoms with E-state index in [1.165, 1.54) is 14.2 Å². The first-order valence-electron chi connectivity index (χ1n) is 20.3. The molecule has 2 aliphatic rings. The third-order valence-electron chi connectivity index (χ3n) is 11.7. The second-order valence-electron chi connectivity index (χ2n) is 16.2. The Morgan fingerprint density at radius 1 is 0.733 bits per heavy atom. The second-order valence-corrected chi connectivity index (χ2v) is 16.2. The van der Waals surface area contributed by atoms with E-state index in [0.717, 1.165) is 46.9 Å². The van der Waals surface area contributed by atoms with Crippen molar-refractivity contribution in [1.82, 2.24) is 44.8 Å². The highest BCUT2D eigenvalue weighted by molar-refractivity contribution is 6.01. The Balaban J connectivity index is 1.04. The van der Waals surface area contributed by atoms with Gasteiger partial charge in [-0.1, -0.05) is 39.8 Å². The summed E-state index contributed by atoms with van der Waals surface area (Å²) in [5, 5.41) is 6.94. The molecule has 8 rings (SSSR count). The predicted octanol–water partition coefficient (Wildman–Crippen LogP) is 6.07. The molecule has 4 N–H and O–H groups in total. The summed E-state index contributed by atoms with van der Waals surface area (Å²) in [5.74, 6) is 0.105. The van der Waals surface area contributed by atoms with Gasteiger partial charge in [0.25, 0.3) is 0 Å². The summed E-state index contributed by atoms with van der Waals surface area (Å²) < 4.78 is 17.0. The number of carbonyl (C=O) groups excluding carboxylic acids is 4. The van der Waals surface area contributed by atoms with Crippen molar-refractivity contribution in [1.29, 1.82) is 0 Å². The van der Waals surface area contributed by atoms with Crippen LogP contribution in [0.15, 0.2) is 64.1 Å². The van der Waals surface area contributed by atoms with Crippen LogP contribution in [0.4, 0.5) is 9.59 Å². The maximum Gasteiger partial charge on any atom is 0.424 e. The molecule has 4 amide bonds. The number of carbonyl (C=O) groups is 4. The SMILES string of the molecule is COC(=O)N[C@H](C(=O)N1CCC[C@H]1c1ncc(-c2ccc3c(c2)cc2c4ccc(-c5cnc([C@@H]6CCCN6C(=O)[C@@H](NC(=O)OC)C(C)C)[nH]5)cc4oc(=O)n32)[nH]1)C(C)C. The first kappa shape index (κ1) is 40.1. The van der Waals surface area contributed by atoms with Crippen LogP contribution in [-0.4, -0.2) is 97.5 Å². The summed E-state index contributed by atoms with van der Waals surface area (Å²) in [7, 11) is 2.54. The summed E-state index contributed by atoms with van der Waals surface area (Å²) >= 11 is 0. The van der Waals surface area contributed by atoms with Crippen molar-refractivity contribution in [3.63, 3.8) is 0 Å². The maximum atomic E-state index is 13.6. The largest absolute Gasteiger partial charge is 0.453 e. The van der Waals surface area contributed by atoms with Gasteiger partial charge in [-0.25, -0.2) is 28.8 Å². The molecule has 6 heterocycles. The van der Waals surface area contributed by atoms with Crippen LogP contribution in [-0.2, 0) is 19.1 Å². The fourth-order valence-electron chi connectivity index (χ4n) is 8.59. The van der Waals surface area contributed by atoms with Gasteiger partial charge < -0.3 is 44.3 Å². The number of ether oxygens (including phenoxy) is 2. The summed E-state index contributed by atoms with van der Waals surface area (Å²) in [6.45, 7) is 8.60. The van der Waals surface area contributed by atoms with Gasteiger partial charge in [0.2, 0.25) is 11.8 Å². The first-order valence-corrected chi connectivity index (χ1v) is 20.3. The molecule has 2 aliphatic heterocycles. The smallest absolute Gasteiger partial charge is 0.424 e. The van der Waals surface area contributed by atoms with Crippen molar-refractivity contribution >= 4 is 51.4 Å². The molecule has 0 unspecified atom stereocenters. The number of imidazole rings is 2. The van der Waals surface area contributed by atoms with Crippen molar-refractivity contribution in [2.24, 2.45) is 11.8 Å². The van der Waals surface area contributed by atoms with Gasteiger partial charge in [-0.3, -0.25) is 9.59 Å². The highest BCUT2D eigenvalue weighted by Crippen LogP contribution is 2.36. The van der Waals surface area contributed by atoms with Gasteiger partial charge in [-0.2, -0.15) is 0 Å². The maximum absolute atomic E-state index is 13.6.